The normalized spacial score (nSPS) is 26.8. The van der Waals surface area contributed by atoms with Crippen LogP contribution in [-0.2, 0) is 9.59 Å². The van der Waals surface area contributed by atoms with Crippen molar-refractivity contribution < 1.29 is 14.4 Å². The van der Waals surface area contributed by atoms with Crippen molar-refractivity contribution in [3.63, 3.8) is 0 Å². The quantitative estimate of drug-likeness (QED) is 0.656. The van der Waals surface area contributed by atoms with Crippen molar-refractivity contribution in [1.82, 2.24) is 20.0 Å². The maximum Gasteiger partial charge on any atom is 0.251 e. The van der Waals surface area contributed by atoms with Gasteiger partial charge in [-0.25, -0.2) is 0 Å². The highest BCUT2D eigenvalue weighted by Crippen LogP contribution is 2.38. The monoisotopic (exact) mass is 438 g/mol. The molecule has 9 heteroatoms. The summed E-state index contributed by atoms with van der Waals surface area (Å²) >= 11 is 0. The molecule has 3 aliphatic rings. The molecule has 0 aromatic heterocycles. The van der Waals surface area contributed by atoms with Gasteiger partial charge in [0.1, 0.15) is 6.04 Å². The van der Waals surface area contributed by atoms with Crippen molar-refractivity contribution in [2.45, 2.75) is 56.4 Å². The lowest BCUT2D eigenvalue weighted by atomic mass is 10.0. The number of hydrogen-bond acceptors (Lipinski definition) is 6. The van der Waals surface area contributed by atoms with Crippen molar-refractivity contribution in [3.8, 4) is 6.07 Å². The van der Waals surface area contributed by atoms with E-state index < -0.39 is 12.1 Å². The molecule has 1 aromatic carbocycles. The van der Waals surface area contributed by atoms with E-state index in [1.54, 1.807) is 18.0 Å². The lowest BCUT2D eigenvalue weighted by Gasteiger charge is -2.38. The van der Waals surface area contributed by atoms with Crippen LogP contribution in [0.1, 0.15) is 48.1 Å². The number of nitrogens with one attached hydrogen (secondary N) is 1. The second-order valence-electron chi connectivity index (χ2n) is 8.91. The number of nitrogens with two attached hydrogens (primary N) is 1. The van der Waals surface area contributed by atoms with Gasteiger partial charge in [0.15, 0.2) is 0 Å². The van der Waals surface area contributed by atoms with Crippen molar-refractivity contribution in [2.24, 2.45) is 5.73 Å². The molecule has 3 saturated heterocycles. The highest BCUT2D eigenvalue weighted by molar-refractivity contribution is 5.94. The van der Waals surface area contributed by atoms with Crippen LogP contribution in [0.2, 0.25) is 0 Å². The van der Waals surface area contributed by atoms with Crippen molar-refractivity contribution in [1.29, 1.82) is 5.26 Å². The third-order valence-electron chi connectivity index (χ3n) is 7.02. The van der Waals surface area contributed by atoms with Crippen LogP contribution < -0.4 is 11.1 Å². The molecule has 3 amide bonds. The molecule has 3 fully saturated rings. The number of amides is 3. The van der Waals surface area contributed by atoms with Crippen LogP contribution in [0, 0.1) is 11.3 Å². The summed E-state index contributed by atoms with van der Waals surface area (Å²) in [5.41, 5.74) is 7.70. The summed E-state index contributed by atoms with van der Waals surface area (Å²) in [7, 11) is 1.59. The summed E-state index contributed by atoms with van der Waals surface area (Å²) in [5.74, 6) is -0.329. The van der Waals surface area contributed by atoms with Crippen molar-refractivity contribution in [3.05, 3.63) is 35.4 Å². The Morgan fingerprint density at radius 3 is 2.84 bits per heavy atom. The lowest BCUT2D eigenvalue weighted by Crippen LogP contribution is -2.56. The SMILES string of the molecule is CNC(=O)c1cccc([C@@H](C)N2C(=O)[C@H]3C[C@@H]2CN3C[C@H](N)C(=O)N2CCC[C@H]2C#N)c1. The molecule has 3 heterocycles. The van der Waals surface area contributed by atoms with E-state index in [-0.39, 0.29) is 35.8 Å². The van der Waals surface area contributed by atoms with E-state index in [1.807, 2.05) is 34.9 Å². The summed E-state index contributed by atoms with van der Waals surface area (Å²) in [6.07, 6.45) is 2.22. The smallest absolute Gasteiger partial charge is 0.251 e. The third-order valence-corrected chi connectivity index (χ3v) is 7.02. The van der Waals surface area contributed by atoms with E-state index in [9.17, 15) is 19.6 Å². The Morgan fingerprint density at radius 1 is 1.38 bits per heavy atom. The van der Waals surface area contributed by atoms with Crippen LogP contribution in [0.5, 0.6) is 0 Å². The van der Waals surface area contributed by atoms with Gasteiger partial charge in [-0.05, 0) is 43.9 Å². The van der Waals surface area contributed by atoms with E-state index in [1.165, 1.54) is 0 Å². The Labute approximate surface area is 188 Å². The van der Waals surface area contributed by atoms with Crippen molar-refractivity contribution in [2.75, 3.05) is 26.7 Å². The number of piperazine rings is 1. The van der Waals surface area contributed by atoms with Crippen LogP contribution in [-0.4, -0.2) is 83.3 Å². The average Bonchev–Trinajstić information content (AvgIpc) is 3.52. The molecule has 3 aliphatic heterocycles. The first-order valence-electron chi connectivity index (χ1n) is 11.2. The predicted molar refractivity (Wildman–Crippen MR) is 117 cm³/mol. The van der Waals surface area contributed by atoms with Crippen LogP contribution in [0.4, 0.5) is 0 Å². The van der Waals surface area contributed by atoms with Gasteiger partial charge in [-0.1, -0.05) is 12.1 Å². The fourth-order valence-electron chi connectivity index (χ4n) is 5.35. The summed E-state index contributed by atoms with van der Waals surface area (Å²) in [6, 6.07) is 8.00. The minimum atomic E-state index is -0.744. The molecule has 5 atom stereocenters. The molecule has 170 valence electrons. The molecule has 4 rings (SSSR count). The third kappa shape index (κ3) is 3.85. The molecular weight excluding hydrogens is 408 g/mol. The molecule has 0 saturated carbocycles. The largest absolute Gasteiger partial charge is 0.355 e. The zero-order valence-electron chi connectivity index (χ0n) is 18.5. The zero-order valence-corrected chi connectivity index (χ0v) is 18.5. The molecule has 0 radical (unpaired) electrons. The predicted octanol–water partition coefficient (Wildman–Crippen LogP) is 0.234. The van der Waals surface area contributed by atoms with Gasteiger partial charge in [0.2, 0.25) is 11.8 Å². The Balaban J connectivity index is 1.41. The maximum atomic E-state index is 13.2. The number of nitrogens with zero attached hydrogens (tertiary/aromatic N) is 4. The Hall–Kier alpha value is -2.96. The number of nitriles is 1. The van der Waals surface area contributed by atoms with Gasteiger partial charge in [-0.2, -0.15) is 5.26 Å². The summed E-state index contributed by atoms with van der Waals surface area (Å²) in [4.78, 5) is 43.4. The molecule has 32 heavy (non-hydrogen) atoms. The molecule has 2 bridgehead atoms. The first kappa shape index (κ1) is 22.2. The number of likely N-dealkylation sites (tertiary alicyclic amines) is 3. The number of carbonyl (C=O) groups excluding carboxylic acids is 3. The Morgan fingerprint density at radius 2 is 2.16 bits per heavy atom. The van der Waals surface area contributed by atoms with E-state index in [0.717, 1.165) is 12.0 Å². The number of rotatable bonds is 6. The number of benzene rings is 1. The summed E-state index contributed by atoms with van der Waals surface area (Å²) in [5, 5.41) is 11.9. The standard InChI is InChI=1S/C23H30N6O3/c1-14(15-5-3-6-16(9-15)21(30)26-2)29-18-10-20(23(29)32)27(12-18)13-19(25)22(31)28-8-4-7-17(28)11-24/h3,5-6,9,14,17-20H,4,7-8,10,12-13,25H2,1-2H3,(H,26,30)/t14-,17+,18-,19+,20-/m1/s1. The minimum absolute atomic E-state index is 0.0369. The maximum absolute atomic E-state index is 13.2. The second-order valence-corrected chi connectivity index (χ2v) is 8.91. The second kappa shape index (κ2) is 8.88. The van der Waals surface area contributed by atoms with Gasteiger partial charge >= 0.3 is 0 Å². The summed E-state index contributed by atoms with van der Waals surface area (Å²) < 4.78 is 0. The first-order valence-corrected chi connectivity index (χ1v) is 11.2. The molecule has 0 spiro atoms. The number of hydrogen-bond donors (Lipinski definition) is 2. The van der Waals surface area contributed by atoms with Gasteiger partial charge in [-0.15, -0.1) is 0 Å². The minimum Gasteiger partial charge on any atom is -0.355 e. The van der Waals surface area contributed by atoms with Crippen LogP contribution >= 0.6 is 0 Å². The van der Waals surface area contributed by atoms with Crippen LogP contribution in [0.25, 0.3) is 0 Å². The van der Waals surface area contributed by atoms with Gasteiger partial charge in [0.25, 0.3) is 5.91 Å². The summed E-state index contributed by atoms with van der Waals surface area (Å²) in [6.45, 7) is 3.53. The Bertz CT molecular complexity index is 959. The fourth-order valence-corrected chi connectivity index (χ4v) is 5.35. The first-order chi connectivity index (χ1) is 15.3. The van der Waals surface area contributed by atoms with Gasteiger partial charge in [-0.3, -0.25) is 19.3 Å². The van der Waals surface area contributed by atoms with Crippen molar-refractivity contribution >= 4 is 17.7 Å². The Kier molecular flexibility index (Phi) is 6.17. The van der Waals surface area contributed by atoms with E-state index in [2.05, 4.69) is 11.4 Å². The highest BCUT2D eigenvalue weighted by Gasteiger charge is 2.51. The van der Waals surface area contributed by atoms with E-state index in [0.29, 0.717) is 38.0 Å². The van der Waals surface area contributed by atoms with Gasteiger partial charge in [0, 0.05) is 38.3 Å². The van der Waals surface area contributed by atoms with E-state index in [4.69, 9.17) is 5.73 Å². The highest BCUT2D eigenvalue weighted by atomic mass is 16.2. The zero-order chi connectivity index (χ0) is 23.0. The van der Waals surface area contributed by atoms with Gasteiger partial charge in [0.05, 0.1) is 24.2 Å². The van der Waals surface area contributed by atoms with Crippen LogP contribution in [0.3, 0.4) is 0 Å². The van der Waals surface area contributed by atoms with E-state index >= 15 is 0 Å². The number of fused-ring (bicyclic) bond motifs is 2. The lowest BCUT2D eigenvalue weighted by molar-refractivity contribution is -0.140. The fraction of sp³-hybridized carbons (Fsp3) is 0.565. The molecule has 1 aromatic rings. The topological polar surface area (TPSA) is 123 Å². The van der Waals surface area contributed by atoms with Crippen LogP contribution in [0.15, 0.2) is 24.3 Å². The molecule has 3 N–H and O–H groups in total. The average molecular weight is 439 g/mol. The molecule has 9 nitrogen and oxygen atoms in total. The molecule has 0 aliphatic carbocycles. The molecule has 0 unspecified atom stereocenters. The van der Waals surface area contributed by atoms with Gasteiger partial charge < -0.3 is 20.9 Å². The number of carbonyl (C=O) groups is 3. The molecular formula is C23H30N6O3.